The number of hydrogen-bond donors (Lipinski definition) is 1. The lowest BCUT2D eigenvalue weighted by Crippen LogP contribution is -2.65. The van der Waals surface area contributed by atoms with Gasteiger partial charge in [0.15, 0.2) is 6.04 Å². The minimum atomic E-state index is -1.01. The fourth-order valence-electron chi connectivity index (χ4n) is 7.81. The van der Waals surface area contributed by atoms with Crippen molar-refractivity contribution in [3.8, 4) is 0 Å². The van der Waals surface area contributed by atoms with Crippen LogP contribution in [0.1, 0.15) is 73.2 Å². The lowest BCUT2D eigenvalue weighted by Gasteiger charge is -2.50. The van der Waals surface area contributed by atoms with Crippen molar-refractivity contribution in [2.75, 3.05) is 46.5 Å². The van der Waals surface area contributed by atoms with Gasteiger partial charge in [-0.2, -0.15) is 0 Å². The Morgan fingerprint density at radius 2 is 1.75 bits per heavy atom. The number of fused-ring (bicyclic) bond motifs is 3. The molecule has 2 bridgehead atoms. The summed E-state index contributed by atoms with van der Waals surface area (Å²) in [5, 5.41) is 3.76. The van der Waals surface area contributed by atoms with Crippen LogP contribution in [0.4, 0.5) is 0 Å². The molecule has 242 valence electrons. The van der Waals surface area contributed by atoms with Crippen LogP contribution in [0.5, 0.6) is 0 Å². The number of carbonyl (C=O) groups excluding carboxylic acids is 4. The molecule has 4 aliphatic heterocycles. The van der Waals surface area contributed by atoms with Gasteiger partial charge in [-0.25, -0.2) is 9.78 Å². The fourth-order valence-corrected chi connectivity index (χ4v) is 8.69. The molecule has 0 aromatic carbocycles. The highest BCUT2D eigenvalue weighted by atomic mass is 32.1. The van der Waals surface area contributed by atoms with Crippen LogP contribution in [-0.2, 0) is 28.6 Å². The Balaban J connectivity index is 1.17. The number of thiazole rings is 1. The highest BCUT2D eigenvalue weighted by molar-refractivity contribution is 7.13. The molecule has 1 aromatic heterocycles. The maximum absolute atomic E-state index is 14.1. The molecule has 0 radical (unpaired) electrons. The zero-order valence-electron chi connectivity index (χ0n) is 26.8. The van der Waals surface area contributed by atoms with E-state index in [2.05, 4.69) is 24.1 Å². The summed E-state index contributed by atoms with van der Waals surface area (Å²) in [6, 6.07) is -1.01. The first-order valence-corrected chi connectivity index (χ1v) is 16.7. The van der Waals surface area contributed by atoms with Crippen LogP contribution >= 0.6 is 11.3 Å². The molecule has 12 heteroatoms. The molecule has 3 amide bonds. The van der Waals surface area contributed by atoms with Crippen molar-refractivity contribution >= 4 is 35.0 Å². The van der Waals surface area contributed by atoms with Gasteiger partial charge in [-0.1, -0.05) is 13.8 Å². The number of likely N-dealkylation sites (tertiary alicyclic amines) is 2. The van der Waals surface area contributed by atoms with Crippen LogP contribution in [-0.4, -0.2) is 103 Å². The van der Waals surface area contributed by atoms with Gasteiger partial charge in [0.1, 0.15) is 4.88 Å². The molecule has 11 nitrogen and oxygen atoms in total. The maximum atomic E-state index is 14.1. The number of esters is 1. The van der Waals surface area contributed by atoms with Crippen LogP contribution < -0.4 is 5.32 Å². The van der Waals surface area contributed by atoms with E-state index in [-0.39, 0.29) is 41.0 Å². The van der Waals surface area contributed by atoms with Gasteiger partial charge in [-0.15, -0.1) is 11.3 Å². The Morgan fingerprint density at radius 3 is 2.30 bits per heavy atom. The number of aromatic nitrogens is 1. The summed E-state index contributed by atoms with van der Waals surface area (Å²) in [6.45, 7) is 12.1. The van der Waals surface area contributed by atoms with Gasteiger partial charge in [0.05, 0.1) is 49.2 Å². The Labute approximate surface area is 263 Å². The molecule has 44 heavy (non-hydrogen) atoms. The molecule has 0 unspecified atom stereocenters. The molecule has 1 aromatic rings. The van der Waals surface area contributed by atoms with Crippen molar-refractivity contribution in [2.24, 2.45) is 28.1 Å². The average molecular weight is 631 g/mol. The number of ether oxygens (including phenoxy) is 3. The molecule has 4 atom stereocenters. The average Bonchev–Trinajstić information content (AvgIpc) is 3.28. The van der Waals surface area contributed by atoms with Crippen LogP contribution in [0.3, 0.4) is 0 Å². The van der Waals surface area contributed by atoms with E-state index in [1.807, 2.05) is 18.7 Å². The summed E-state index contributed by atoms with van der Waals surface area (Å²) >= 11 is 1.35. The zero-order valence-corrected chi connectivity index (χ0v) is 27.6. The Morgan fingerprint density at radius 1 is 1.09 bits per heavy atom. The maximum Gasteiger partial charge on any atom is 0.331 e. The van der Waals surface area contributed by atoms with Crippen LogP contribution in [0.2, 0.25) is 0 Å². The van der Waals surface area contributed by atoms with Crippen LogP contribution in [0.25, 0.3) is 0 Å². The van der Waals surface area contributed by atoms with Crippen molar-refractivity contribution < 1.29 is 33.4 Å². The Bertz CT molecular complexity index is 1320. The smallest absolute Gasteiger partial charge is 0.331 e. The third-order valence-electron chi connectivity index (χ3n) is 11.0. The molecule has 7 rings (SSSR count). The van der Waals surface area contributed by atoms with Gasteiger partial charge in [0.2, 0.25) is 11.8 Å². The fraction of sp³-hybridized carbons (Fsp3) is 0.781. The van der Waals surface area contributed by atoms with E-state index in [0.29, 0.717) is 49.5 Å². The zero-order chi connectivity index (χ0) is 31.6. The monoisotopic (exact) mass is 630 g/mol. The first-order valence-electron chi connectivity index (χ1n) is 15.9. The molecule has 5 heterocycles. The molecular formula is C32H46N4O7S. The quantitative estimate of drug-likeness (QED) is 0.413. The summed E-state index contributed by atoms with van der Waals surface area (Å²) < 4.78 is 17.3. The van der Waals surface area contributed by atoms with Crippen molar-refractivity contribution in [3.63, 3.8) is 0 Å². The standard InChI is InChI=1S/C32H46N4O7S/c1-18-25(44-20(3)33-18)28(39)35-12-23(32(13-35)14-36(15-32)27(38)22-11-30(22,4)5)26(37)34-24(29(40)41-6)19(2)42-16-31-9-7-21(8-10-31)43-17-31/h19,21-24H,7-17H2,1-6H3,(H,34,37)/t19-,21?,22-,23+,24+,31?/m1/s1. The molecule has 4 saturated heterocycles. The van der Waals surface area contributed by atoms with Gasteiger partial charge in [0, 0.05) is 42.9 Å². The van der Waals surface area contributed by atoms with E-state index in [4.69, 9.17) is 14.2 Å². The van der Waals surface area contributed by atoms with Gasteiger partial charge < -0.3 is 29.3 Å². The molecule has 6 aliphatic rings. The van der Waals surface area contributed by atoms with E-state index in [9.17, 15) is 19.2 Å². The lowest BCUT2D eigenvalue weighted by atomic mass is 9.70. The van der Waals surface area contributed by atoms with Gasteiger partial charge in [-0.05, 0) is 58.3 Å². The molecule has 1 N–H and O–H groups in total. The van der Waals surface area contributed by atoms with Gasteiger partial charge in [0.25, 0.3) is 5.91 Å². The SMILES string of the molecule is COC(=O)[C@@H](NC(=O)[C@@H]1CN(C(=O)c2sc(C)nc2C)CC12CN(C(=O)[C@H]1CC1(C)C)C2)[C@@H](C)OCC12CCC(CC1)OC2. The van der Waals surface area contributed by atoms with Gasteiger partial charge >= 0.3 is 5.97 Å². The molecule has 2 saturated carbocycles. The Kier molecular flexibility index (Phi) is 8.10. The van der Waals surface area contributed by atoms with Crippen LogP contribution in [0.15, 0.2) is 0 Å². The third kappa shape index (κ3) is 5.66. The molecule has 2 aliphatic carbocycles. The minimum Gasteiger partial charge on any atom is -0.467 e. The number of aryl methyl sites for hydroxylation is 2. The number of carbonyl (C=O) groups is 4. The van der Waals surface area contributed by atoms with E-state index in [1.54, 1.807) is 11.8 Å². The number of rotatable bonds is 9. The van der Waals surface area contributed by atoms with Crippen molar-refractivity contribution in [1.82, 2.24) is 20.1 Å². The topological polar surface area (TPSA) is 127 Å². The number of methoxy groups -OCH3 is 1. The summed E-state index contributed by atoms with van der Waals surface area (Å²) in [5.74, 6) is -1.54. The highest BCUT2D eigenvalue weighted by Crippen LogP contribution is 2.55. The first-order chi connectivity index (χ1) is 20.8. The minimum absolute atomic E-state index is 0.000123. The summed E-state index contributed by atoms with van der Waals surface area (Å²) in [6.07, 6.45) is 4.67. The number of amides is 3. The second kappa shape index (κ2) is 11.3. The summed E-state index contributed by atoms with van der Waals surface area (Å²) in [7, 11) is 1.30. The highest BCUT2D eigenvalue weighted by Gasteiger charge is 2.62. The van der Waals surface area contributed by atoms with Crippen LogP contribution in [0, 0.1) is 41.9 Å². The predicted octanol–water partition coefficient (Wildman–Crippen LogP) is 2.73. The van der Waals surface area contributed by atoms with E-state index >= 15 is 0 Å². The van der Waals surface area contributed by atoms with E-state index in [0.717, 1.165) is 37.1 Å². The number of nitrogens with one attached hydrogen (secondary N) is 1. The van der Waals surface area contributed by atoms with E-state index < -0.39 is 29.4 Å². The van der Waals surface area contributed by atoms with Crippen molar-refractivity contribution in [3.05, 3.63) is 15.6 Å². The number of hydrogen-bond acceptors (Lipinski definition) is 9. The summed E-state index contributed by atoms with van der Waals surface area (Å²) in [4.78, 5) is 62.5. The Hall–Kier alpha value is -2.57. The van der Waals surface area contributed by atoms with E-state index in [1.165, 1.54) is 18.4 Å². The second-order valence-corrected chi connectivity index (χ2v) is 15.9. The third-order valence-corrected chi connectivity index (χ3v) is 12.0. The van der Waals surface area contributed by atoms with Gasteiger partial charge in [-0.3, -0.25) is 14.4 Å². The predicted molar refractivity (Wildman–Crippen MR) is 162 cm³/mol. The first kappa shape index (κ1) is 31.4. The molecule has 6 fully saturated rings. The molecule has 1 spiro atoms. The van der Waals surface area contributed by atoms with Crippen molar-refractivity contribution in [1.29, 1.82) is 0 Å². The second-order valence-electron chi connectivity index (χ2n) is 14.7. The summed E-state index contributed by atoms with van der Waals surface area (Å²) in [5.41, 5.74) is 0.0236. The molecular weight excluding hydrogens is 584 g/mol. The van der Waals surface area contributed by atoms with Crippen molar-refractivity contribution in [2.45, 2.75) is 85.0 Å². The lowest BCUT2D eigenvalue weighted by molar-refractivity contribution is -0.163. The largest absolute Gasteiger partial charge is 0.467 e. The normalized spacial score (nSPS) is 30.9. The number of nitrogens with zero attached hydrogens (tertiary/aromatic N) is 3.